The van der Waals surface area contributed by atoms with Crippen molar-refractivity contribution in [1.29, 1.82) is 0 Å². The van der Waals surface area contributed by atoms with Crippen LogP contribution >= 0.6 is 0 Å². The number of rotatable bonds is 2. The largest absolute Gasteiger partial charge is 0.292 e. The van der Waals surface area contributed by atoms with Gasteiger partial charge in [-0.1, -0.05) is 55.7 Å². The Hall–Kier alpha value is -2.87. The molecular weight excluding hydrogens is 280 g/mol. The van der Waals surface area contributed by atoms with Crippen molar-refractivity contribution < 1.29 is 0 Å². The van der Waals surface area contributed by atoms with Gasteiger partial charge in [0.05, 0.1) is 16.4 Å². The standard InChI is InChI=1S/C21H20N2/c1-5-8-12-17-15(4)16(7-3)19(11-6-2)23-20-14-10-9-13-18(20)22-21(17)23/h5-14H,2,4H2,1,3H3/b8-5-,16-7-,17-12+,19-11+. The zero-order valence-electron chi connectivity index (χ0n) is 13.6. The summed E-state index contributed by atoms with van der Waals surface area (Å²) in [5, 5.41) is 4.21. The van der Waals surface area contributed by atoms with E-state index in [9.17, 15) is 0 Å². The van der Waals surface area contributed by atoms with Gasteiger partial charge in [0.2, 0.25) is 0 Å². The fraction of sp³-hybridized carbons (Fsp3) is 0.0952. The van der Waals surface area contributed by atoms with Crippen LogP contribution in [0.2, 0.25) is 0 Å². The fourth-order valence-corrected chi connectivity index (χ4v) is 2.97. The molecule has 2 nitrogen and oxygen atoms in total. The van der Waals surface area contributed by atoms with Crippen molar-refractivity contribution in [2.45, 2.75) is 13.8 Å². The van der Waals surface area contributed by atoms with Gasteiger partial charge >= 0.3 is 0 Å². The molecule has 2 heterocycles. The highest BCUT2D eigenvalue weighted by atomic mass is 15.0. The lowest BCUT2D eigenvalue weighted by atomic mass is 10.2. The minimum absolute atomic E-state index is 0.924. The van der Waals surface area contributed by atoms with Crippen LogP contribution < -0.4 is 21.0 Å². The average molecular weight is 300 g/mol. The third-order valence-electron chi connectivity index (χ3n) is 3.99. The molecule has 3 rings (SSSR count). The third-order valence-corrected chi connectivity index (χ3v) is 3.99. The Balaban J connectivity index is 2.81. The van der Waals surface area contributed by atoms with E-state index in [1.807, 2.05) is 56.4 Å². The van der Waals surface area contributed by atoms with Crippen molar-refractivity contribution in [2.24, 2.45) is 0 Å². The van der Waals surface area contributed by atoms with Crippen LogP contribution in [-0.4, -0.2) is 9.38 Å². The maximum atomic E-state index is 4.84. The lowest BCUT2D eigenvalue weighted by Crippen LogP contribution is -2.51. The molecule has 23 heavy (non-hydrogen) atoms. The lowest BCUT2D eigenvalue weighted by molar-refractivity contribution is 1.11. The number of imidazole rings is 1. The Morgan fingerprint density at radius 3 is 2.57 bits per heavy atom. The number of fused-ring (bicyclic) bond motifs is 3. The first-order chi connectivity index (χ1) is 11.2. The van der Waals surface area contributed by atoms with Crippen LogP contribution in [0.3, 0.4) is 0 Å². The summed E-state index contributed by atoms with van der Waals surface area (Å²) in [6.45, 7) is 12.2. The van der Waals surface area contributed by atoms with E-state index in [-0.39, 0.29) is 0 Å². The molecule has 3 aromatic rings. The van der Waals surface area contributed by atoms with Crippen molar-refractivity contribution >= 4 is 41.5 Å². The number of aromatic nitrogens is 2. The Morgan fingerprint density at radius 2 is 1.87 bits per heavy atom. The molecule has 0 aliphatic carbocycles. The highest BCUT2D eigenvalue weighted by Crippen LogP contribution is 2.11. The van der Waals surface area contributed by atoms with Gasteiger partial charge in [0.1, 0.15) is 5.65 Å². The molecule has 0 fully saturated rings. The quantitative estimate of drug-likeness (QED) is 0.708. The Labute approximate surface area is 135 Å². The topological polar surface area (TPSA) is 17.3 Å². The van der Waals surface area contributed by atoms with Crippen molar-refractivity contribution in [3.63, 3.8) is 0 Å². The number of hydrogen-bond donors (Lipinski definition) is 0. The summed E-state index contributed by atoms with van der Waals surface area (Å²) in [7, 11) is 0. The first-order valence-corrected chi connectivity index (χ1v) is 7.73. The smallest absolute Gasteiger partial charge is 0.146 e. The molecule has 0 spiro atoms. The molecule has 1 aromatic carbocycles. The fourth-order valence-electron chi connectivity index (χ4n) is 2.97. The SMILES string of the molecule is C=C/C=c1\c(=C/C)c(=C)/c(=C\C=C/C)c2nc3ccccc3n12. The van der Waals surface area contributed by atoms with Crippen LogP contribution in [0.15, 0.2) is 49.1 Å². The number of hydrogen-bond acceptors (Lipinski definition) is 1. The van der Waals surface area contributed by atoms with Gasteiger partial charge in [-0.25, -0.2) is 4.98 Å². The van der Waals surface area contributed by atoms with Crippen LogP contribution in [0.5, 0.6) is 0 Å². The van der Waals surface area contributed by atoms with Crippen LogP contribution in [0.1, 0.15) is 13.8 Å². The molecule has 0 amide bonds. The first kappa shape index (κ1) is 15.0. The summed E-state index contributed by atoms with van der Waals surface area (Å²) < 4.78 is 2.19. The van der Waals surface area contributed by atoms with E-state index in [1.54, 1.807) is 0 Å². The zero-order valence-corrected chi connectivity index (χ0v) is 13.6. The molecule has 0 aliphatic rings. The summed E-state index contributed by atoms with van der Waals surface area (Å²) in [6, 6.07) is 8.19. The van der Waals surface area contributed by atoms with E-state index in [2.05, 4.69) is 35.8 Å². The van der Waals surface area contributed by atoms with E-state index < -0.39 is 0 Å². The third kappa shape index (κ3) is 2.33. The van der Waals surface area contributed by atoms with E-state index in [4.69, 9.17) is 4.98 Å². The maximum Gasteiger partial charge on any atom is 0.146 e. The molecule has 0 saturated heterocycles. The lowest BCUT2D eigenvalue weighted by Gasteiger charge is -2.02. The monoisotopic (exact) mass is 300 g/mol. The molecule has 0 N–H and O–H groups in total. The van der Waals surface area contributed by atoms with Crippen LogP contribution in [0.25, 0.3) is 41.5 Å². The van der Waals surface area contributed by atoms with Crippen molar-refractivity contribution in [2.75, 3.05) is 0 Å². The zero-order chi connectivity index (χ0) is 16.4. The molecule has 114 valence electrons. The van der Waals surface area contributed by atoms with Crippen molar-refractivity contribution in [3.8, 4) is 0 Å². The van der Waals surface area contributed by atoms with Gasteiger partial charge in [0.15, 0.2) is 0 Å². The maximum absolute atomic E-state index is 4.84. The highest BCUT2D eigenvalue weighted by molar-refractivity contribution is 5.81. The molecule has 0 radical (unpaired) electrons. The number of benzene rings is 1. The van der Waals surface area contributed by atoms with Crippen LogP contribution in [-0.2, 0) is 0 Å². The molecule has 0 aliphatic heterocycles. The van der Waals surface area contributed by atoms with E-state index in [1.165, 1.54) is 0 Å². The van der Waals surface area contributed by atoms with Gasteiger partial charge in [0, 0.05) is 10.4 Å². The van der Waals surface area contributed by atoms with Gasteiger partial charge < -0.3 is 0 Å². The van der Waals surface area contributed by atoms with Gasteiger partial charge in [-0.15, -0.1) is 0 Å². The molecule has 0 saturated carbocycles. The highest BCUT2D eigenvalue weighted by Gasteiger charge is 2.07. The van der Waals surface area contributed by atoms with Crippen molar-refractivity contribution in [3.05, 3.63) is 70.1 Å². The second-order valence-electron chi connectivity index (χ2n) is 5.33. The van der Waals surface area contributed by atoms with E-state index >= 15 is 0 Å². The molecule has 2 aromatic heterocycles. The van der Waals surface area contributed by atoms with E-state index in [0.29, 0.717) is 0 Å². The first-order valence-electron chi connectivity index (χ1n) is 7.73. The molecule has 0 bridgehead atoms. The number of pyridine rings is 1. The normalized spacial score (nSPS) is 14.6. The number of allylic oxidation sites excluding steroid dienone is 3. The van der Waals surface area contributed by atoms with E-state index in [0.717, 1.165) is 37.7 Å². The number of nitrogens with zero attached hydrogens (tertiary/aromatic N) is 2. The Kier molecular flexibility index (Phi) is 3.98. The Morgan fingerprint density at radius 1 is 1.09 bits per heavy atom. The second kappa shape index (κ2) is 6.09. The van der Waals surface area contributed by atoms with Gasteiger partial charge in [-0.05, 0) is 37.3 Å². The average Bonchev–Trinajstić information content (AvgIpc) is 2.94. The second-order valence-corrected chi connectivity index (χ2v) is 5.33. The summed E-state index contributed by atoms with van der Waals surface area (Å²) in [4.78, 5) is 4.84. The summed E-state index contributed by atoms with van der Waals surface area (Å²) >= 11 is 0. The number of para-hydroxylation sites is 2. The predicted octanol–water partition coefficient (Wildman–Crippen LogP) is 2.02. The minimum atomic E-state index is 0.924. The van der Waals surface area contributed by atoms with Crippen molar-refractivity contribution in [1.82, 2.24) is 9.38 Å². The van der Waals surface area contributed by atoms with Crippen LogP contribution in [0.4, 0.5) is 0 Å². The molecule has 0 atom stereocenters. The summed E-state index contributed by atoms with van der Waals surface area (Å²) in [5.41, 5.74) is 3.00. The van der Waals surface area contributed by atoms with Crippen LogP contribution in [0, 0.1) is 0 Å². The van der Waals surface area contributed by atoms with Gasteiger partial charge in [0.25, 0.3) is 0 Å². The summed E-state index contributed by atoms with van der Waals surface area (Å²) in [5.74, 6) is 0. The van der Waals surface area contributed by atoms with Gasteiger partial charge in [-0.2, -0.15) is 0 Å². The minimum Gasteiger partial charge on any atom is -0.292 e. The predicted molar refractivity (Wildman–Crippen MR) is 101 cm³/mol. The Bertz CT molecular complexity index is 1160. The molecule has 0 unspecified atom stereocenters. The van der Waals surface area contributed by atoms with Gasteiger partial charge in [-0.3, -0.25) is 4.40 Å². The molecular formula is C21H20N2. The molecule has 2 heteroatoms. The summed E-state index contributed by atoms with van der Waals surface area (Å²) in [6.07, 6.45) is 12.0.